The molecule has 100 valence electrons. The van der Waals surface area contributed by atoms with E-state index in [2.05, 4.69) is 0 Å². The number of nitrogens with two attached hydrogens (primary N) is 1. The Morgan fingerprint density at radius 3 is 2.00 bits per heavy atom. The lowest BCUT2D eigenvalue weighted by molar-refractivity contribution is 0.0150. The van der Waals surface area contributed by atoms with Crippen LogP contribution in [0.25, 0.3) is 11.1 Å². The Labute approximate surface area is 113 Å². The molecule has 4 N–H and O–H groups in total. The van der Waals surface area contributed by atoms with Gasteiger partial charge in [0.2, 0.25) is 0 Å². The van der Waals surface area contributed by atoms with Crippen molar-refractivity contribution in [1.82, 2.24) is 0 Å². The zero-order valence-corrected chi connectivity index (χ0v) is 10.7. The predicted octanol–water partition coefficient (Wildman–Crippen LogP) is 2.10. The molecule has 0 bridgehead atoms. The number of benzene rings is 2. The third kappa shape index (κ3) is 3.41. The zero-order valence-electron chi connectivity index (χ0n) is 10.7. The summed E-state index contributed by atoms with van der Waals surface area (Å²) in [5.74, 6) is 0. The van der Waals surface area contributed by atoms with Crippen LogP contribution in [0.1, 0.15) is 18.1 Å². The molecule has 0 aliphatic heterocycles. The Morgan fingerprint density at radius 2 is 1.42 bits per heavy atom. The van der Waals surface area contributed by atoms with E-state index in [1.165, 1.54) is 0 Å². The van der Waals surface area contributed by atoms with Crippen LogP contribution in [0, 0.1) is 0 Å². The van der Waals surface area contributed by atoms with Gasteiger partial charge in [-0.05, 0) is 29.7 Å². The van der Waals surface area contributed by atoms with Gasteiger partial charge in [-0.1, -0.05) is 54.6 Å². The number of hydrogen-bond donors (Lipinski definition) is 3. The van der Waals surface area contributed by atoms with Gasteiger partial charge >= 0.3 is 0 Å². The number of rotatable bonds is 5. The van der Waals surface area contributed by atoms with E-state index in [9.17, 15) is 10.2 Å². The minimum absolute atomic E-state index is 0.361. The van der Waals surface area contributed by atoms with E-state index in [0.29, 0.717) is 18.5 Å². The molecule has 2 unspecified atom stereocenters. The maximum atomic E-state index is 9.98. The van der Waals surface area contributed by atoms with E-state index >= 15 is 0 Å². The first-order valence-corrected chi connectivity index (χ1v) is 6.44. The van der Waals surface area contributed by atoms with Crippen molar-refractivity contribution in [3.05, 3.63) is 60.2 Å². The SMILES string of the molecule is NCCC(O)C(O)c1ccc(-c2ccccc2)cc1. The summed E-state index contributed by atoms with van der Waals surface area (Å²) >= 11 is 0. The number of aliphatic hydroxyl groups excluding tert-OH is 2. The van der Waals surface area contributed by atoms with Gasteiger partial charge in [-0.25, -0.2) is 0 Å². The molecule has 0 fully saturated rings. The third-order valence-electron chi connectivity index (χ3n) is 3.19. The second kappa shape index (κ2) is 6.48. The van der Waals surface area contributed by atoms with Gasteiger partial charge in [0.05, 0.1) is 6.10 Å². The molecule has 19 heavy (non-hydrogen) atoms. The monoisotopic (exact) mass is 257 g/mol. The van der Waals surface area contributed by atoms with Crippen LogP contribution in [0.5, 0.6) is 0 Å². The van der Waals surface area contributed by atoms with E-state index < -0.39 is 12.2 Å². The minimum atomic E-state index is -0.881. The molecule has 2 rings (SSSR count). The fourth-order valence-electron chi connectivity index (χ4n) is 2.05. The van der Waals surface area contributed by atoms with Crippen molar-refractivity contribution in [2.75, 3.05) is 6.54 Å². The lowest BCUT2D eigenvalue weighted by atomic mass is 9.98. The van der Waals surface area contributed by atoms with Crippen LogP contribution in [0.4, 0.5) is 0 Å². The molecule has 0 heterocycles. The normalized spacial score (nSPS) is 14.1. The van der Waals surface area contributed by atoms with E-state index in [4.69, 9.17) is 5.73 Å². The van der Waals surface area contributed by atoms with Crippen LogP contribution in [0.3, 0.4) is 0 Å². The molecule has 0 aliphatic rings. The summed E-state index contributed by atoms with van der Waals surface area (Å²) in [4.78, 5) is 0. The second-order valence-electron chi connectivity index (χ2n) is 4.58. The Balaban J connectivity index is 2.15. The molecule has 0 amide bonds. The first-order chi connectivity index (χ1) is 9.22. The highest BCUT2D eigenvalue weighted by Crippen LogP contribution is 2.23. The average molecular weight is 257 g/mol. The second-order valence-corrected chi connectivity index (χ2v) is 4.58. The zero-order chi connectivity index (χ0) is 13.7. The quantitative estimate of drug-likeness (QED) is 0.768. The lowest BCUT2D eigenvalue weighted by Gasteiger charge is -2.17. The predicted molar refractivity (Wildman–Crippen MR) is 76.5 cm³/mol. The molecular weight excluding hydrogens is 238 g/mol. The van der Waals surface area contributed by atoms with Crippen molar-refractivity contribution in [3.63, 3.8) is 0 Å². The van der Waals surface area contributed by atoms with Gasteiger partial charge < -0.3 is 15.9 Å². The van der Waals surface area contributed by atoms with Gasteiger partial charge in [-0.2, -0.15) is 0 Å². The van der Waals surface area contributed by atoms with Crippen LogP contribution in [0.15, 0.2) is 54.6 Å². The van der Waals surface area contributed by atoms with Gasteiger partial charge in [0.15, 0.2) is 0 Å². The molecule has 2 aromatic rings. The Hall–Kier alpha value is -1.68. The van der Waals surface area contributed by atoms with Crippen molar-refractivity contribution in [3.8, 4) is 11.1 Å². The maximum absolute atomic E-state index is 9.98. The standard InChI is InChI=1S/C16H19NO2/c17-11-10-15(18)16(19)14-8-6-13(7-9-14)12-4-2-1-3-5-12/h1-9,15-16,18-19H,10-11,17H2. The molecule has 0 aliphatic carbocycles. The third-order valence-corrected chi connectivity index (χ3v) is 3.19. The summed E-state index contributed by atoms with van der Waals surface area (Å²) in [7, 11) is 0. The van der Waals surface area contributed by atoms with Crippen LogP contribution >= 0.6 is 0 Å². The van der Waals surface area contributed by atoms with Gasteiger partial charge in [-0.15, -0.1) is 0 Å². The smallest absolute Gasteiger partial charge is 0.105 e. The molecule has 0 spiro atoms. The minimum Gasteiger partial charge on any atom is -0.390 e. The molecule has 2 aromatic carbocycles. The molecule has 0 radical (unpaired) electrons. The van der Waals surface area contributed by atoms with E-state index in [1.54, 1.807) is 0 Å². The highest BCUT2D eigenvalue weighted by atomic mass is 16.3. The molecule has 2 atom stereocenters. The Bertz CT molecular complexity index is 496. The summed E-state index contributed by atoms with van der Waals surface area (Å²) in [5, 5.41) is 19.7. The van der Waals surface area contributed by atoms with E-state index in [1.807, 2.05) is 54.6 Å². The first kappa shape index (κ1) is 13.7. The summed E-state index contributed by atoms with van der Waals surface area (Å²) in [6.07, 6.45) is -1.30. The first-order valence-electron chi connectivity index (χ1n) is 6.44. The van der Waals surface area contributed by atoms with Crippen LogP contribution < -0.4 is 5.73 Å². The Kier molecular flexibility index (Phi) is 4.68. The largest absolute Gasteiger partial charge is 0.390 e. The fraction of sp³-hybridized carbons (Fsp3) is 0.250. The van der Waals surface area contributed by atoms with Gasteiger partial charge in [0, 0.05) is 0 Å². The topological polar surface area (TPSA) is 66.5 Å². The van der Waals surface area contributed by atoms with Crippen molar-refractivity contribution in [2.45, 2.75) is 18.6 Å². The average Bonchev–Trinajstić information content (AvgIpc) is 2.48. The highest BCUT2D eigenvalue weighted by Gasteiger charge is 2.17. The lowest BCUT2D eigenvalue weighted by Crippen LogP contribution is -2.21. The van der Waals surface area contributed by atoms with Crippen LogP contribution in [-0.2, 0) is 0 Å². The molecule has 3 heteroatoms. The van der Waals surface area contributed by atoms with E-state index in [0.717, 1.165) is 11.1 Å². The van der Waals surface area contributed by atoms with Gasteiger partial charge in [-0.3, -0.25) is 0 Å². The van der Waals surface area contributed by atoms with Gasteiger partial charge in [0.25, 0.3) is 0 Å². The van der Waals surface area contributed by atoms with Crippen LogP contribution in [-0.4, -0.2) is 22.9 Å². The molecule has 0 saturated carbocycles. The molecule has 0 aromatic heterocycles. The maximum Gasteiger partial charge on any atom is 0.105 e. The van der Waals surface area contributed by atoms with E-state index in [-0.39, 0.29) is 0 Å². The molecule has 3 nitrogen and oxygen atoms in total. The summed E-state index contributed by atoms with van der Waals surface area (Å²) in [6.45, 7) is 0.361. The number of hydrogen-bond acceptors (Lipinski definition) is 3. The van der Waals surface area contributed by atoms with Crippen molar-refractivity contribution < 1.29 is 10.2 Å². The van der Waals surface area contributed by atoms with Crippen molar-refractivity contribution in [2.24, 2.45) is 5.73 Å². The number of aliphatic hydroxyl groups is 2. The van der Waals surface area contributed by atoms with Gasteiger partial charge in [0.1, 0.15) is 6.10 Å². The van der Waals surface area contributed by atoms with Crippen molar-refractivity contribution >= 4 is 0 Å². The molecular formula is C16H19NO2. The summed E-state index contributed by atoms with van der Waals surface area (Å²) < 4.78 is 0. The summed E-state index contributed by atoms with van der Waals surface area (Å²) in [6, 6.07) is 17.6. The summed E-state index contributed by atoms with van der Waals surface area (Å²) in [5.41, 5.74) is 8.30. The van der Waals surface area contributed by atoms with Crippen molar-refractivity contribution in [1.29, 1.82) is 0 Å². The Morgan fingerprint density at radius 1 is 0.842 bits per heavy atom. The fourth-order valence-corrected chi connectivity index (χ4v) is 2.05. The highest BCUT2D eigenvalue weighted by molar-refractivity contribution is 5.63. The molecule has 0 saturated heterocycles. The van der Waals surface area contributed by atoms with Crippen LogP contribution in [0.2, 0.25) is 0 Å².